The summed E-state index contributed by atoms with van der Waals surface area (Å²) < 4.78 is 5.73. The maximum atomic E-state index is 5.98. The molecule has 4 heteroatoms. The van der Waals surface area contributed by atoms with E-state index in [1.54, 1.807) is 0 Å². The number of aryl methyl sites for hydroxylation is 1. The third-order valence-corrected chi connectivity index (χ3v) is 3.30. The number of halogens is 1. The largest absolute Gasteiger partial charge is 0.372 e. The Morgan fingerprint density at radius 1 is 1.53 bits per heavy atom. The molecule has 1 saturated heterocycles. The second-order valence-corrected chi connectivity index (χ2v) is 5.38. The summed E-state index contributed by atoms with van der Waals surface area (Å²) in [7, 11) is 0. The highest BCUT2D eigenvalue weighted by molar-refractivity contribution is 6.17. The van der Waals surface area contributed by atoms with Crippen molar-refractivity contribution < 1.29 is 4.74 Å². The highest BCUT2D eigenvalue weighted by atomic mass is 35.5. The molecule has 1 aliphatic rings. The van der Waals surface area contributed by atoms with Gasteiger partial charge in [0.1, 0.15) is 0 Å². The molecule has 0 N–H and O–H groups in total. The van der Waals surface area contributed by atoms with Crippen molar-refractivity contribution in [1.82, 2.24) is 4.98 Å². The highest BCUT2D eigenvalue weighted by Gasteiger charge is 2.28. The molecule has 1 fully saturated rings. The molecule has 17 heavy (non-hydrogen) atoms. The summed E-state index contributed by atoms with van der Waals surface area (Å²) in [6, 6.07) is 2.11. The average molecular weight is 255 g/mol. The van der Waals surface area contributed by atoms with Gasteiger partial charge in [-0.25, -0.2) is 0 Å². The number of nitrogens with zero attached hydrogens (tertiary/aromatic N) is 2. The van der Waals surface area contributed by atoms with E-state index < -0.39 is 0 Å². The number of morpholine rings is 1. The van der Waals surface area contributed by atoms with Gasteiger partial charge < -0.3 is 9.64 Å². The Labute approximate surface area is 108 Å². The molecule has 0 unspecified atom stereocenters. The smallest absolute Gasteiger partial charge is 0.0801 e. The lowest BCUT2D eigenvalue weighted by molar-refractivity contribution is -0.0277. The van der Waals surface area contributed by atoms with Gasteiger partial charge in [0.15, 0.2) is 0 Å². The summed E-state index contributed by atoms with van der Waals surface area (Å²) in [4.78, 5) is 6.64. The van der Waals surface area contributed by atoms with Crippen molar-refractivity contribution in [3.8, 4) is 0 Å². The summed E-state index contributed by atoms with van der Waals surface area (Å²) in [5.74, 6) is 0.500. The van der Waals surface area contributed by atoms with Gasteiger partial charge in [-0.2, -0.15) is 0 Å². The van der Waals surface area contributed by atoms with E-state index in [9.17, 15) is 0 Å². The lowest BCUT2D eigenvalue weighted by Gasteiger charge is -2.40. The van der Waals surface area contributed by atoms with Crippen molar-refractivity contribution in [3.63, 3.8) is 0 Å². The lowest BCUT2D eigenvalue weighted by Crippen LogP contribution is -2.48. The Hall–Kier alpha value is -0.800. The van der Waals surface area contributed by atoms with Crippen LogP contribution in [0.15, 0.2) is 12.3 Å². The van der Waals surface area contributed by atoms with Crippen LogP contribution in [0.2, 0.25) is 0 Å². The van der Waals surface area contributed by atoms with Gasteiger partial charge in [0.05, 0.1) is 18.1 Å². The zero-order valence-corrected chi connectivity index (χ0v) is 11.4. The van der Waals surface area contributed by atoms with Gasteiger partial charge in [-0.3, -0.25) is 4.98 Å². The van der Waals surface area contributed by atoms with E-state index in [4.69, 9.17) is 16.3 Å². The first kappa shape index (κ1) is 12.7. The molecule has 1 aliphatic heterocycles. The Bertz CT molecular complexity index is 406. The van der Waals surface area contributed by atoms with Crippen LogP contribution in [0.4, 0.5) is 5.69 Å². The summed E-state index contributed by atoms with van der Waals surface area (Å²) in [6.45, 7) is 8.81. The van der Waals surface area contributed by atoms with Gasteiger partial charge in [-0.05, 0) is 26.8 Å². The molecule has 0 saturated carbocycles. The van der Waals surface area contributed by atoms with Crippen LogP contribution in [-0.4, -0.2) is 30.3 Å². The van der Waals surface area contributed by atoms with Crippen LogP contribution in [0.25, 0.3) is 0 Å². The van der Waals surface area contributed by atoms with E-state index in [0.29, 0.717) is 5.88 Å². The molecule has 0 atom stereocenters. The monoisotopic (exact) mass is 254 g/mol. The van der Waals surface area contributed by atoms with Gasteiger partial charge in [-0.15, -0.1) is 11.6 Å². The third kappa shape index (κ3) is 2.90. The van der Waals surface area contributed by atoms with E-state index in [1.165, 1.54) is 5.69 Å². The predicted octanol–water partition coefficient (Wildman–Crippen LogP) is 2.74. The molecule has 2 rings (SSSR count). The molecule has 1 aromatic rings. The summed E-state index contributed by atoms with van der Waals surface area (Å²) in [5.41, 5.74) is 3.22. The number of pyridine rings is 1. The predicted molar refractivity (Wildman–Crippen MR) is 70.8 cm³/mol. The van der Waals surface area contributed by atoms with Crippen molar-refractivity contribution in [3.05, 3.63) is 23.5 Å². The van der Waals surface area contributed by atoms with Gasteiger partial charge in [0.2, 0.25) is 0 Å². The number of ether oxygens (including phenoxy) is 1. The lowest BCUT2D eigenvalue weighted by atomic mass is 10.1. The average Bonchev–Trinajstić information content (AvgIpc) is 2.27. The number of anilines is 1. The minimum Gasteiger partial charge on any atom is -0.372 e. The van der Waals surface area contributed by atoms with Crippen LogP contribution in [0.3, 0.4) is 0 Å². The molecule has 0 amide bonds. The molecule has 0 aliphatic carbocycles. The zero-order valence-electron chi connectivity index (χ0n) is 10.7. The zero-order chi connectivity index (χ0) is 12.5. The first-order valence-electron chi connectivity index (χ1n) is 5.92. The highest BCUT2D eigenvalue weighted by Crippen LogP contribution is 2.27. The fraction of sp³-hybridized carbons (Fsp3) is 0.615. The Balaban J connectivity index is 2.29. The first-order chi connectivity index (χ1) is 8.02. The van der Waals surface area contributed by atoms with Gasteiger partial charge in [-0.1, -0.05) is 0 Å². The molecule has 0 bridgehead atoms. The summed E-state index contributed by atoms with van der Waals surface area (Å²) in [6.07, 6.45) is 1.88. The van der Waals surface area contributed by atoms with Crippen molar-refractivity contribution in [2.24, 2.45) is 0 Å². The topological polar surface area (TPSA) is 25.4 Å². The van der Waals surface area contributed by atoms with Crippen molar-refractivity contribution in [2.45, 2.75) is 32.3 Å². The summed E-state index contributed by atoms with van der Waals surface area (Å²) in [5, 5.41) is 0. The second-order valence-electron chi connectivity index (χ2n) is 5.12. The number of aromatic nitrogens is 1. The van der Waals surface area contributed by atoms with Crippen LogP contribution >= 0.6 is 11.6 Å². The maximum Gasteiger partial charge on any atom is 0.0801 e. The van der Waals surface area contributed by atoms with E-state index in [2.05, 4.69) is 29.8 Å². The summed E-state index contributed by atoms with van der Waals surface area (Å²) >= 11 is 5.98. The number of hydrogen-bond acceptors (Lipinski definition) is 3. The van der Waals surface area contributed by atoms with Gasteiger partial charge in [0, 0.05) is 36.2 Å². The fourth-order valence-electron chi connectivity index (χ4n) is 2.19. The Morgan fingerprint density at radius 2 is 2.29 bits per heavy atom. The maximum absolute atomic E-state index is 5.98. The van der Waals surface area contributed by atoms with Crippen LogP contribution in [0.5, 0.6) is 0 Å². The molecule has 0 aromatic carbocycles. The number of rotatable bonds is 2. The third-order valence-electron chi connectivity index (χ3n) is 3.01. The second kappa shape index (κ2) is 4.83. The number of alkyl halides is 1. The van der Waals surface area contributed by atoms with Crippen LogP contribution < -0.4 is 4.90 Å². The van der Waals surface area contributed by atoms with E-state index in [-0.39, 0.29) is 5.60 Å². The minimum atomic E-state index is -0.0982. The van der Waals surface area contributed by atoms with Crippen molar-refractivity contribution >= 4 is 17.3 Å². The Kier molecular flexibility index (Phi) is 3.59. The standard InChI is InChI=1S/C13H19ClN2O/c1-10-6-12(11(7-14)8-15-10)16-4-5-17-13(2,3)9-16/h6,8H,4-5,7,9H2,1-3H3. The molecule has 1 aromatic heterocycles. The molecule has 0 radical (unpaired) electrons. The van der Waals surface area contributed by atoms with E-state index >= 15 is 0 Å². The first-order valence-corrected chi connectivity index (χ1v) is 6.46. The van der Waals surface area contributed by atoms with Crippen molar-refractivity contribution in [1.29, 1.82) is 0 Å². The van der Waals surface area contributed by atoms with Crippen LogP contribution in [-0.2, 0) is 10.6 Å². The minimum absolute atomic E-state index is 0.0982. The normalized spacial score (nSPS) is 19.4. The van der Waals surface area contributed by atoms with Gasteiger partial charge >= 0.3 is 0 Å². The van der Waals surface area contributed by atoms with E-state index in [0.717, 1.165) is 31.0 Å². The molecular weight excluding hydrogens is 236 g/mol. The quantitative estimate of drug-likeness (QED) is 0.759. The van der Waals surface area contributed by atoms with E-state index in [1.807, 2.05) is 13.1 Å². The molecule has 94 valence electrons. The number of hydrogen-bond donors (Lipinski definition) is 0. The van der Waals surface area contributed by atoms with Gasteiger partial charge in [0.25, 0.3) is 0 Å². The fourth-order valence-corrected chi connectivity index (χ4v) is 2.40. The molecular formula is C13H19ClN2O. The molecule has 3 nitrogen and oxygen atoms in total. The molecule has 2 heterocycles. The SMILES string of the molecule is Cc1cc(N2CCOC(C)(C)C2)c(CCl)cn1. The van der Waals surface area contributed by atoms with Crippen molar-refractivity contribution in [2.75, 3.05) is 24.6 Å². The Morgan fingerprint density at radius 3 is 2.94 bits per heavy atom. The molecule has 0 spiro atoms. The van der Waals surface area contributed by atoms with Crippen LogP contribution in [0.1, 0.15) is 25.1 Å². The van der Waals surface area contributed by atoms with Crippen LogP contribution in [0, 0.1) is 6.92 Å².